The molecule has 1 aromatic rings. The lowest BCUT2D eigenvalue weighted by Crippen LogP contribution is -2.50. The van der Waals surface area contributed by atoms with Gasteiger partial charge >= 0.3 is 0 Å². The number of nitrogens with zero attached hydrogens (tertiary/aromatic N) is 2. The number of carbonyl (C=O) groups excluding carboxylic acids is 2. The van der Waals surface area contributed by atoms with Crippen LogP contribution in [0.15, 0.2) is 35.3 Å². The Morgan fingerprint density at radius 2 is 1.97 bits per heavy atom. The lowest BCUT2D eigenvalue weighted by molar-refractivity contribution is -0.125. The maximum atomic E-state index is 12.9. The molecule has 0 radical (unpaired) electrons. The maximum Gasteiger partial charge on any atom is 0.253 e. The molecule has 33 heavy (non-hydrogen) atoms. The van der Waals surface area contributed by atoms with Crippen molar-refractivity contribution in [2.75, 3.05) is 24.2 Å². The number of piperidine rings is 1. The summed E-state index contributed by atoms with van der Waals surface area (Å²) in [5.41, 5.74) is 0.664. The number of benzene rings is 1. The van der Waals surface area contributed by atoms with E-state index in [1.165, 1.54) is 30.5 Å². The van der Waals surface area contributed by atoms with E-state index >= 15 is 0 Å². The number of amides is 2. The summed E-state index contributed by atoms with van der Waals surface area (Å²) in [6.45, 7) is 2.03. The third-order valence-electron chi connectivity index (χ3n) is 6.76. The van der Waals surface area contributed by atoms with E-state index in [1.807, 2.05) is 6.07 Å². The lowest BCUT2D eigenvalue weighted by Gasteiger charge is -2.34. The molecule has 178 valence electrons. The average Bonchev–Trinajstić information content (AvgIpc) is 3.10. The van der Waals surface area contributed by atoms with Crippen LogP contribution < -0.4 is 10.6 Å². The quantitative estimate of drug-likeness (QED) is 0.664. The number of nitrogens with one attached hydrogen (secondary N) is 2. The van der Waals surface area contributed by atoms with Crippen molar-refractivity contribution in [2.24, 2.45) is 10.9 Å². The fourth-order valence-electron chi connectivity index (χ4n) is 4.92. The molecule has 2 aliphatic heterocycles. The van der Waals surface area contributed by atoms with E-state index < -0.39 is 15.6 Å². The van der Waals surface area contributed by atoms with Crippen LogP contribution in [0.2, 0.25) is 0 Å². The van der Waals surface area contributed by atoms with Gasteiger partial charge in [-0.25, -0.2) is 12.7 Å². The number of hydrogen-bond donors (Lipinski definition) is 2. The Kier molecular flexibility index (Phi) is 6.99. The first-order valence-corrected chi connectivity index (χ1v) is 13.3. The molecular weight excluding hydrogens is 440 g/mol. The highest BCUT2D eigenvalue weighted by Crippen LogP contribution is 2.34. The molecule has 1 saturated heterocycles. The van der Waals surface area contributed by atoms with Crippen molar-refractivity contribution in [1.29, 1.82) is 0 Å². The molecule has 1 saturated carbocycles. The summed E-state index contributed by atoms with van der Waals surface area (Å²) in [6.07, 6.45) is 9.89. The SMILES string of the molecule is CC(=O)Nc1cccc(C=CCS(=O)(=O)N2CCC3(CC2)N=C(C2CCCCC2)NC3=O)c1. The van der Waals surface area contributed by atoms with Crippen molar-refractivity contribution in [3.05, 3.63) is 35.9 Å². The van der Waals surface area contributed by atoms with Gasteiger partial charge in [0.15, 0.2) is 0 Å². The van der Waals surface area contributed by atoms with Crippen LogP contribution in [0.3, 0.4) is 0 Å². The van der Waals surface area contributed by atoms with Crippen LogP contribution in [0.1, 0.15) is 57.4 Å². The summed E-state index contributed by atoms with van der Waals surface area (Å²) in [5.74, 6) is 0.804. The molecule has 3 aliphatic rings. The van der Waals surface area contributed by atoms with E-state index in [9.17, 15) is 18.0 Å². The van der Waals surface area contributed by atoms with Gasteiger partial charge in [0.2, 0.25) is 15.9 Å². The Morgan fingerprint density at radius 3 is 2.67 bits per heavy atom. The lowest BCUT2D eigenvalue weighted by atomic mass is 9.88. The highest BCUT2D eigenvalue weighted by molar-refractivity contribution is 7.89. The molecule has 2 heterocycles. The molecule has 1 aromatic carbocycles. The summed E-state index contributed by atoms with van der Waals surface area (Å²) < 4.78 is 27.2. The Labute approximate surface area is 195 Å². The van der Waals surface area contributed by atoms with Crippen molar-refractivity contribution in [3.8, 4) is 0 Å². The van der Waals surface area contributed by atoms with Gasteiger partial charge in [0.25, 0.3) is 5.91 Å². The summed E-state index contributed by atoms with van der Waals surface area (Å²) in [6, 6.07) is 7.22. The van der Waals surface area contributed by atoms with Gasteiger partial charge in [0.05, 0.1) is 5.75 Å². The van der Waals surface area contributed by atoms with Crippen molar-refractivity contribution in [2.45, 2.75) is 57.4 Å². The van der Waals surface area contributed by atoms with Crippen LogP contribution in [-0.4, -0.2) is 54.8 Å². The van der Waals surface area contributed by atoms with Crippen LogP contribution in [0.5, 0.6) is 0 Å². The molecule has 1 aliphatic carbocycles. The summed E-state index contributed by atoms with van der Waals surface area (Å²) >= 11 is 0. The van der Waals surface area contributed by atoms with E-state index in [0.717, 1.165) is 24.2 Å². The predicted octanol–water partition coefficient (Wildman–Crippen LogP) is 2.93. The predicted molar refractivity (Wildman–Crippen MR) is 129 cm³/mol. The van der Waals surface area contributed by atoms with Crippen molar-refractivity contribution in [3.63, 3.8) is 0 Å². The van der Waals surface area contributed by atoms with E-state index in [0.29, 0.717) is 37.5 Å². The molecule has 2 amide bonds. The van der Waals surface area contributed by atoms with Gasteiger partial charge in [-0.2, -0.15) is 0 Å². The average molecular weight is 473 g/mol. The van der Waals surface area contributed by atoms with Gasteiger partial charge < -0.3 is 10.6 Å². The topological polar surface area (TPSA) is 108 Å². The minimum Gasteiger partial charge on any atom is -0.326 e. The number of hydrogen-bond acceptors (Lipinski definition) is 5. The normalized spacial score (nSPS) is 21.8. The molecule has 0 atom stereocenters. The van der Waals surface area contributed by atoms with Crippen LogP contribution in [0.4, 0.5) is 5.69 Å². The van der Waals surface area contributed by atoms with Crippen molar-refractivity contribution >= 4 is 39.4 Å². The third kappa shape index (κ3) is 5.52. The van der Waals surface area contributed by atoms with E-state index in [1.54, 1.807) is 30.4 Å². The Hall–Kier alpha value is -2.52. The van der Waals surface area contributed by atoms with Crippen LogP contribution in [0, 0.1) is 5.92 Å². The first kappa shape index (κ1) is 23.6. The van der Waals surface area contributed by atoms with Gasteiger partial charge in [-0.15, -0.1) is 0 Å². The molecule has 8 nitrogen and oxygen atoms in total. The molecule has 2 fully saturated rings. The van der Waals surface area contributed by atoms with Crippen LogP contribution >= 0.6 is 0 Å². The number of amidine groups is 1. The number of aliphatic imine (C=N–C) groups is 1. The Morgan fingerprint density at radius 1 is 1.24 bits per heavy atom. The minimum atomic E-state index is -3.48. The number of sulfonamides is 1. The van der Waals surface area contributed by atoms with E-state index in [4.69, 9.17) is 4.99 Å². The number of anilines is 1. The largest absolute Gasteiger partial charge is 0.326 e. The first-order valence-electron chi connectivity index (χ1n) is 11.7. The molecule has 2 N–H and O–H groups in total. The zero-order chi connectivity index (χ0) is 23.5. The van der Waals surface area contributed by atoms with Crippen LogP contribution in [-0.2, 0) is 19.6 Å². The second kappa shape index (κ2) is 9.77. The van der Waals surface area contributed by atoms with Gasteiger partial charge in [0, 0.05) is 31.6 Å². The monoisotopic (exact) mass is 472 g/mol. The Balaban J connectivity index is 1.35. The summed E-state index contributed by atoms with van der Waals surface area (Å²) in [5, 5.41) is 5.72. The molecule has 0 aromatic heterocycles. The maximum absolute atomic E-state index is 12.9. The molecule has 0 bridgehead atoms. The molecule has 9 heteroatoms. The summed E-state index contributed by atoms with van der Waals surface area (Å²) in [7, 11) is -3.48. The standard InChI is InChI=1S/C24H32N4O4S/c1-18(29)25-21-11-5-7-19(17-21)8-6-16-33(31,32)28-14-12-24(13-15-28)23(30)26-22(27-24)20-9-3-2-4-10-20/h5-8,11,17,20H,2-4,9-10,12-16H2,1H3,(H,25,29)(H,26,27,30). The molecule has 0 unspecified atom stereocenters. The zero-order valence-electron chi connectivity index (χ0n) is 19.0. The second-order valence-electron chi connectivity index (χ2n) is 9.20. The number of carbonyl (C=O) groups is 2. The van der Waals surface area contributed by atoms with E-state index in [-0.39, 0.29) is 17.6 Å². The third-order valence-corrected chi connectivity index (χ3v) is 8.52. The van der Waals surface area contributed by atoms with Gasteiger partial charge in [-0.3, -0.25) is 14.6 Å². The van der Waals surface area contributed by atoms with E-state index in [2.05, 4.69) is 10.6 Å². The second-order valence-corrected chi connectivity index (χ2v) is 11.2. The minimum absolute atomic E-state index is 0.0703. The van der Waals surface area contributed by atoms with Crippen LogP contribution in [0.25, 0.3) is 6.08 Å². The number of rotatable bonds is 6. The van der Waals surface area contributed by atoms with Gasteiger partial charge in [-0.05, 0) is 43.4 Å². The molecular formula is C24H32N4O4S. The molecule has 1 spiro atoms. The summed E-state index contributed by atoms with van der Waals surface area (Å²) in [4.78, 5) is 28.8. The zero-order valence-corrected chi connectivity index (χ0v) is 19.9. The van der Waals surface area contributed by atoms with Crippen molar-refractivity contribution in [1.82, 2.24) is 9.62 Å². The Bertz CT molecular complexity index is 1070. The first-order chi connectivity index (χ1) is 15.8. The smallest absolute Gasteiger partial charge is 0.253 e. The fraction of sp³-hybridized carbons (Fsp3) is 0.542. The highest BCUT2D eigenvalue weighted by Gasteiger charge is 2.48. The van der Waals surface area contributed by atoms with Crippen molar-refractivity contribution < 1.29 is 18.0 Å². The fourth-order valence-corrected chi connectivity index (χ4v) is 6.21. The van der Waals surface area contributed by atoms with Gasteiger partial charge in [0.1, 0.15) is 11.4 Å². The van der Waals surface area contributed by atoms with Gasteiger partial charge in [-0.1, -0.05) is 43.5 Å². The highest BCUT2D eigenvalue weighted by atomic mass is 32.2. The molecule has 4 rings (SSSR count).